The van der Waals surface area contributed by atoms with Gasteiger partial charge in [0.2, 0.25) is 5.13 Å². The second-order valence-corrected chi connectivity index (χ2v) is 6.58. The SMILES string of the molecule is COCCN(c1nc(C(C)C)ns1)C1CCC(C)C1. The summed E-state index contributed by atoms with van der Waals surface area (Å²) in [4.78, 5) is 7.12. The summed E-state index contributed by atoms with van der Waals surface area (Å²) >= 11 is 1.53. The van der Waals surface area contributed by atoms with Crippen LogP contribution >= 0.6 is 11.5 Å². The Hall–Kier alpha value is -0.680. The predicted molar refractivity (Wildman–Crippen MR) is 80.0 cm³/mol. The molecular formula is C14H25N3OS. The molecule has 2 rings (SSSR count). The highest BCUT2D eigenvalue weighted by Crippen LogP contribution is 2.33. The minimum atomic E-state index is 0.400. The Morgan fingerprint density at radius 2 is 2.21 bits per heavy atom. The van der Waals surface area contributed by atoms with E-state index in [1.807, 2.05) is 0 Å². The third-order valence-electron chi connectivity index (χ3n) is 3.84. The largest absolute Gasteiger partial charge is 0.383 e. The van der Waals surface area contributed by atoms with Crippen molar-refractivity contribution in [2.45, 2.75) is 52.0 Å². The van der Waals surface area contributed by atoms with Crippen LogP contribution in [0.3, 0.4) is 0 Å². The third kappa shape index (κ3) is 3.66. The minimum Gasteiger partial charge on any atom is -0.383 e. The number of methoxy groups -OCH3 is 1. The van der Waals surface area contributed by atoms with Crippen molar-refractivity contribution < 1.29 is 4.74 Å². The fourth-order valence-corrected chi connectivity index (χ4v) is 3.57. The first-order valence-corrected chi connectivity index (χ1v) is 7.98. The zero-order valence-corrected chi connectivity index (χ0v) is 13.2. The molecule has 0 aliphatic heterocycles. The van der Waals surface area contributed by atoms with Crippen LogP contribution < -0.4 is 4.90 Å². The highest BCUT2D eigenvalue weighted by molar-refractivity contribution is 7.09. The van der Waals surface area contributed by atoms with E-state index < -0.39 is 0 Å². The van der Waals surface area contributed by atoms with Gasteiger partial charge in [-0.25, -0.2) is 4.98 Å². The molecule has 0 spiro atoms. The average Bonchev–Trinajstić information content (AvgIpc) is 2.99. The van der Waals surface area contributed by atoms with Crippen molar-refractivity contribution in [3.63, 3.8) is 0 Å². The van der Waals surface area contributed by atoms with Gasteiger partial charge in [-0.1, -0.05) is 20.8 Å². The highest BCUT2D eigenvalue weighted by atomic mass is 32.1. The molecule has 2 atom stereocenters. The van der Waals surface area contributed by atoms with Gasteiger partial charge >= 0.3 is 0 Å². The second kappa shape index (κ2) is 6.66. The molecule has 0 amide bonds. The molecule has 108 valence electrons. The van der Waals surface area contributed by atoms with Gasteiger partial charge in [0.1, 0.15) is 5.82 Å². The van der Waals surface area contributed by atoms with E-state index in [2.05, 4.69) is 30.0 Å². The normalized spacial score (nSPS) is 23.2. The first-order chi connectivity index (χ1) is 9.11. The Kier molecular flexibility index (Phi) is 5.16. The number of nitrogens with zero attached hydrogens (tertiary/aromatic N) is 3. The van der Waals surface area contributed by atoms with E-state index in [-0.39, 0.29) is 0 Å². The zero-order valence-electron chi connectivity index (χ0n) is 12.4. The summed E-state index contributed by atoms with van der Waals surface area (Å²) in [7, 11) is 1.76. The zero-order chi connectivity index (χ0) is 13.8. The van der Waals surface area contributed by atoms with Gasteiger partial charge in [-0.3, -0.25) is 0 Å². The first kappa shape index (κ1) is 14.7. The van der Waals surface area contributed by atoms with Crippen molar-refractivity contribution in [2.75, 3.05) is 25.2 Å². The summed E-state index contributed by atoms with van der Waals surface area (Å²) in [6, 6.07) is 0.609. The quantitative estimate of drug-likeness (QED) is 0.803. The molecule has 1 aliphatic carbocycles. The van der Waals surface area contributed by atoms with Crippen molar-refractivity contribution >= 4 is 16.7 Å². The van der Waals surface area contributed by atoms with Crippen LogP contribution in [0.15, 0.2) is 0 Å². The molecule has 0 aromatic carbocycles. The van der Waals surface area contributed by atoms with Gasteiger partial charge in [-0.2, -0.15) is 4.37 Å². The highest BCUT2D eigenvalue weighted by Gasteiger charge is 2.29. The molecule has 1 fully saturated rings. The lowest BCUT2D eigenvalue weighted by molar-refractivity contribution is 0.203. The summed E-state index contributed by atoms with van der Waals surface area (Å²) in [5.74, 6) is 2.19. The van der Waals surface area contributed by atoms with Crippen LogP contribution in [0.4, 0.5) is 5.13 Å². The lowest BCUT2D eigenvalue weighted by atomic mass is 10.1. The maximum absolute atomic E-state index is 5.25. The number of aromatic nitrogens is 2. The van der Waals surface area contributed by atoms with Crippen LogP contribution in [0.1, 0.15) is 51.8 Å². The van der Waals surface area contributed by atoms with E-state index in [0.717, 1.165) is 30.0 Å². The maximum atomic E-state index is 5.25. The Morgan fingerprint density at radius 1 is 1.42 bits per heavy atom. The molecule has 1 aliphatic rings. The Bertz CT molecular complexity index is 394. The molecule has 1 aromatic heterocycles. The molecule has 5 heteroatoms. The van der Waals surface area contributed by atoms with Gasteiger partial charge in [0, 0.05) is 37.1 Å². The van der Waals surface area contributed by atoms with E-state index >= 15 is 0 Å². The monoisotopic (exact) mass is 283 g/mol. The van der Waals surface area contributed by atoms with Gasteiger partial charge in [0.05, 0.1) is 6.61 Å². The summed E-state index contributed by atoms with van der Waals surface area (Å²) in [5, 5.41) is 1.07. The molecular weight excluding hydrogens is 258 g/mol. The molecule has 2 unspecified atom stereocenters. The van der Waals surface area contributed by atoms with E-state index in [9.17, 15) is 0 Å². The van der Waals surface area contributed by atoms with Crippen LogP contribution in [0, 0.1) is 5.92 Å². The van der Waals surface area contributed by atoms with Crippen LogP contribution in [-0.4, -0.2) is 35.7 Å². The second-order valence-electron chi connectivity index (χ2n) is 5.85. The molecule has 0 N–H and O–H groups in total. The molecule has 4 nitrogen and oxygen atoms in total. The van der Waals surface area contributed by atoms with Gasteiger partial charge in [0.15, 0.2) is 0 Å². The first-order valence-electron chi connectivity index (χ1n) is 7.21. The fourth-order valence-electron chi connectivity index (χ4n) is 2.66. The molecule has 1 aromatic rings. The summed E-state index contributed by atoms with van der Waals surface area (Å²) in [6.07, 6.45) is 3.85. The van der Waals surface area contributed by atoms with Crippen LogP contribution in [-0.2, 0) is 4.74 Å². The molecule has 1 heterocycles. The fraction of sp³-hybridized carbons (Fsp3) is 0.857. The van der Waals surface area contributed by atoms with Gasteiger partial charge in [-0.15, -0.1) is 0 Å². The standard InChI is InChI=1S/C14H25N3OS/c1-10(2)13-15-14(19-16-13)17(7-8-18-4)12-6-5-11(3)9-12/h10-12H,5-9H2,1-4H3. The van der Waals surface area contributed by atoms with E-state index in [4.69, 9.17) is 9.72 Å². The smallest absolute Gasteiger partial charge is 0.205 e. The number of hydrogen-bond acceptors (Lipinski definition) is 5. The lowest BCUT2D eigenvalue weighted by Gasteiger charge is -2.28. The Morgan fingerprint density at radius 3 is 2.74 bits per heavy atom. The van der Waals surface area contributed by atoms with E-state index in [0.29, 0.717) is 12.0 Å². The van der Waals surface area contributed by atoms with Crippen molar-refractivity contribution in [3.05, 3.63) is 5.82 Å². The van der Waals surface area contributed by atoms with E-state index in [1.165, 1.54) is 30.8 Å². The third-order valence-corrected chi connectivity index (χ3v) is 4.60. The minimum absolute atomic E-state index is 0.400. The summed E-state index contributed by atoms with van der Waals surface area (Å²) in [6.45, 7) is 8.29. The Labute approximate surface area is 120 Å². The number of hydrogen-bond donors (Lipinski definition) is 0. The summed E-state index contributed by atoms with van der Waals surface area (Å²) in [5.41, 5.74) is 0. The predicted octanol–water partition coefficient (Wildman–Crippen LogP) is 3.30. The van der Waals surface area contributed by atoms with E-state index in [1.54, 1.807) is 7.11 Å². The molecule has 0 radical (unpaired) electrons. The number of anilines is 1. The van der Waals surface area contributed by atoms with Crippen LogP contribution in [0.5, 0.6) is 0 Å². The maximum Gasteiger partial charge on any atom is 0.205 e. The van der Waals surface area contributed by atoms with Crippen molar-refractivity contribution in [1.29, 1.82) is 0 Å². The molecule has 1 saturated carbocycles. The van der Waals surface area contributed by atoms with Crippen molar-refractivity contribution in [3.8, 4) is 0 Å². The van der Waals surface area contributed by atoms with Gasteiger partial charge < -0.3 is 9.64 Å². The van der Waals surface area contributed by atoms with Gasteiger partial charge in [-0.05, 0) is 25.2 Å². The average molecular weight is 283 g/mol. The summed E-state index contributed by atoms with van der Waals surface area (Å²) < 4.78 is 9.73. The molecule has 0 bridgehead atoms. The van der Waals surface area contributed by atoms with Crippen LogP contribution in [0.2, 0.25) is 0 Å². The topological polar surface area (TPSA) is 38.2 Å². The Balaban J connectivity index is 2.11. The number of ether oxygens (including phenoxy) is 1. The number of rotatable bonds is 6. The van der Waals surface area contributed by atoms with Crippen LogP contribution in [0.25, 0.3) is 0 Å². The molecule has 19 heavy (non-hydrogen) atoms. The van der Waals surface area contributed by atoms with Gasteiger partial charge in [0.25, 0.3) is 0 Å². The molecule has 0 saturated heterocycles. The van der Waals surface area contributed by atoms with Crippen molar-refractivity contribution in [1.82, 2.24) is 9.36 Å². The van der Waals surface area contributed by atoms with Crippen molar-refractivity contribution in [2.24, 2.45) is 5.92 Å². The lowest BCUT2D eigenvalue weighted by Crippen LogP contribution is -2.36.